The molecule has 0 aromatic heterocycles. The minimum atomic E-state index is -0.888. The molecule has 1 aromatic carbocycles. The third-order valence-corrected chi connectivity index (χ3v) is 5.59. The summed E-state index contributed by atoms with van der Waals surface area (Å²) in [6, 6.07) is 7.32. The average molecular weight is 398 g/mol. The van der Waals surface area contributed by atoms with E-state index in [0.29, 0.717) is 31.9 Å². The van der Waals surface area contributed by atoms with E-state index in [1.807, 2.05) is 18.2 Å². The summed E-state index contributed by atoms with van der Waals surface area (Å²) in [5, 5.41) is 9.68. The van der Waals surface area contributed by atoms with Crippen LogP contribution in [0.25, 0.3) is 0 Å². The van der Waals surface area contributed by atoms with E-state index in [1.54, 1.807) is 17.9 Å². The monoisotopic (exact) mass is 397 g/mol. The molecule has 2 aliphatic heterocycles. The van der Waals surface area contributed by atoms with Crippen molar-refractivity contribution in [3.05, 3.63) is 28.7 Å². The van der Waals surface area contributed by atoms with Crippen LogP contribution in [-0.4, -0.2) is 54.3 Å². The van der Waals surface area contributed by atoms with Gasteiger partial charge in [0.15, 0.2) is 6.10 Å². The van der Waals surface area contributed by atoms with Crippen LogP contribution in [0.15, 0.2) is 28.7 Å². The number of halogens is 1. The van der Waals surface area contributed by atoms with Crippen LogP contribution in [0.4, 0.5) is 0 Å². The Morgan fingerprint density at radius 1 is 1.46 bits per heavy atom. The fourth-order valence-corrected chi connectivity index (χ4v) is 3.88. The van der Waals surface area contributed by atoms with Gasteiger partial charge in [0, 0.05) is 25.6 Å². The van der Waals surface area contributed by atoms with Crippen molar-refractivity contribution in [3.8, 4) is 5.75 Å². The van der Waals surface area contributed by atoms with Crippen molar-refractivity contribution in [2.45, 2.75) is 19.4 Å². The molecule has 2 aliphatic rings. The maximum atomic E-state index is 12.7. The van der Waals surface area contributed by atoms with Gasteiger partial charge in [-0.1, -0.05) is 12.1 Å². The molecule has 0 radical (unpaired) electrons. The van der Waals surface area contributed by atoms with Gasteiger partial charge in [-0.25, -0.2) is 0 Å². The summed E-state index contributed by atoms with van der Waals surface area (Å²) in [6.07, 6.45) is -0.244. The van der Waals surface area contributed by atoms with Crippen molar-refractivity contribution in [1.29, 1.82) is 0 Å². The number of fused-ring (bicyclic) bond motifs is 1. The van der Waals surface area contributed by atoms with Crippen LogP contribution in [0.5, 0.6) is 5.75 Å². The SMILES string of the molecule is CC(Oc1ccccc1Br)C(=O)N1C[C@H]2COCC[C@@]2(C(=O)O)C1. The standard InChI is InChI=1S/C17H20BrNO5/c1-11(24-14-5-3-2-4-13(14)18)15(20)19-8-12-9-23-7-6-17(12,10-19)16(21)22/h2-5,11-12H,6-10H2,1H3,(H,21,22)/t11?,12-,17+/m0/s1. The molecule has 0 saturated carbocycles. The average Bonchev–Trinajstić information content (AvgIpc) is 2.97. The van der Waals surface area contributed by atoms with Crippen molar-refractivity contribution in [1.82, 2.24) is 4.90 Å². The summed E-state index contributed by atoms with van der Waals surface area (Å²) in [4.78, 5) is 26.1. The van der Waals surface area contributed by atoms with Gasteiger partial charge in [-0.2, -0.15) is 0 Å². The Bertz CT molecular complexity index is 652. The van der Waals surface area contributed by atoms with E-state index in [0.717, 1.165) is 4.47 Å². The van der Waals surface area contributed by atoms with Crippen molar-refractivity contribution in [2.24, 2.45) is 11.3 Å². The maximum absolute atomic E-state index is 12.7. The van der Waals surface area contributed by atoms with E-state index in [1.165, 1.54) is 0 Å². The molecule has 0 aliphatic carbocycles. The zero-order chi connectivity index (χ0) is 17.3. The molecule has 0 spiro atoms. The molecule has 3 rings (SSSR count). The molecule has 6 nitrogen and oxygen atoms in total. The first-order valence-electron chi connectivity index (χ1n) is 7.95. The van der Waals surface area contributed by atoms with Crippen molar-refractivity contribution in [2.75, 3.05) is 26.3 Å². The number of para-hydroxylation sites is 1. The number of hydrogen-bond acceptors (Lipinski definition) is 4. The van der Waals surface area contributed by atoms with Crippen LogP contribution in [0.3, 0.4) is 0 Å². The maximum Gasteiger partial charge on any atom is 0.311 e. The Labute approximate surface area is 148 Å². The summed E-state index contributed by atoms with van der Waals surface area (Å²) in [5.41, 5.74) is -0.888. The third-order valence-electron chi connectivity index (χ3n) is 4.93. The number of carboxylic acids is 1. The molecule has 0 bridgehead atoms. The Morgan fingerprint density at radius 3 is 2.88 bits per heavy atom. The zero-order valence-electron chi connectivity index (χ0n) is 13.4. The molecule has 2 fully saturated rings. The Balaban J connectivity index is 1.71. The summed E-state index contributed by atoms with van der Waals surface area (Å²) in [5.74, 6) is -0.610. The molecular formula is C17H20BrNO5. The molecule has 24 heavy (non-hydrogen) atoms. The number of rotatable bonds is 4. The number of carboxylic acid groups (broad SMARTS) is 1. The summed E-state index contributed by atoms with van der Waals surface area (Å²) < 4.78 is 11.9. The molecule has 130 valence electrons. The zero-order valence-corrected chi connectivity index (χ0v) is 15.0. The lowest BCUT2D eigenvalue weighted by atomic mass is 9.74. The summed E-state index contributed by atoms with van der Waals surface area (Å²) >= 11 is 3.39. The van der Waals surface area contributed by atoms with E-state index in [-0.39, 0.29) is 18.4 Å². The predicted molar refractivity (Wildman–Crippen MR) is 89.8 cm³/mol. The number of nitrogens with zero attached hydrogens (tertiary/aromatic N) is 1. The molecule has 1 amide bonds. The highest BCUT2D eigenvalue weighted by molar-refractivity contribution is 9.10. The molecule has 1 unspecified atom stereocenters. The van der Waals surface area contributed by atoms with Crippen molar-refractivity contribution in [3.63, 3.8) is 0 Å². The molecule has 2 heterocycles. The van der Waals surface area contributed by atoms with Gasteiger partial charge < -0.3 is 19.5 Å². The second kappa shape index (κ2) is 6.72. The lowest BCUT2D eigenvalue weighted by Crippen LogP contribution is -2.45. The first-order chi connectivity index (χ1) is 11.4. The highest BCUT2D eigenvalue weighted by Crippen LogP contribution is 2.42. The van der Waals surface area contributed by atoms with Gasteiger partial charge in [0.1, 0.15) is 5.75 Å². The lowest BCUT2D eigenvalue weighted by Gasteiger charge is -2.33. The normalized spacial score (nSPS) is 27.4. The number of likely N-dealkylation sites (tertiary alicyclic amines) is 1. The van der Waals surface area contributed by atoms with E-state index in [2.05, 4.69) is 15.9 Å². The Morgan fingerprint density at radius 2 is 2.21 bits per heavy atom. The number of benzene rings is 1. The van der Waals surface area contributed by atoms with Gasteiger partial charge in [0.05, 0.1) is 16.5 Å². The first-order valence-corrected chi connectivity index (χ1v) is 8.74. The van der Waals surface area contributed by atoms with Crippen LogP contribution >= 0.6 is 15.9 Å². The van der Waals surface area contributed by atoms with E-state index < -0.39 is 17.5 Å². The van der Waals surface area contributed by atoms with Crippen LogP contribution in [-0.2, 0) is 14.3 Å². The predicted octanol–water partition coefficient (Wildman–Crippen LogP) is 2.17. The highest BCUT2D eigenvalue weighted by atomic mass is 79.9. The summed E-state index contributed by atoms with van der Waals surface area (Å²) in [7, 11) is 0. The van der Waals surface area contributed by atoms with Gasteiger partial charge in [-0.3, -0.25) is 9.59 Å². The quantitative estimate of drug-likeness (QED) is 0.842. The van der Waals surface area contributed by atoms with Gasteiger partial charge in [-0.15, -0.1) is 0 Å². The fraction of sp³-hybridized carbons (Fsp3) is 0.529. The molecule has 3 atom stereocenters. The third kappa shape index (κ3) is 3.02. The van der Waals surface area contributed by atoms with Crippen molar-refractivity contribution < 1.29 is 24.2 Å². The first kappa shape index (κ1) is 17.2. The Hall–Kier alpha value is -1.60. The molecular weight excluding hydrogens is 378 g/mol. The van der Waals surface area contributed by atoms with Gasteiger partial charge in [-0.05, 0) is 41.4 Å². The highest BCUT2D eigenvalue weighted by Gasteiger charge is 2.55. The van der Waals surface area contributed by atoms with Crippen LogP contribution in [0, 0.1) is 11.3 Å². The largest absolute Gasteiger partial charge is 0.481 e. The van der Waals surface area contributed by atoms with Gasteiger partial charge in [0.25, 0.3) is 5.91 Å². The number of carbonyl (C=O) groups excluding carboxylic acids is 1. The minimum absolute atomic E-state index is 0.164. The minimum Gasteiger partial charge on any atom is -0.481 e. The van der Waals surface area contributed by atoms with Crippen LogP contribution in [0.1, 0.15) is 13.3 Å². The van der Waals surface area contributed by atoms with Gasteiger partial charge in [0.2, 0.25) is 0 Å². The smallest absolute Gasteiger partial charge is 0.311 e. The molecule has 1 N–H and O–H groups in total. The molecule has 2 saturated heterocycles. The van der Waals surface area contributed by atoms with E-state index in [4.69, 9.17) is 9.47 Å². The summed E-state index contributed by atoms with van der Waals surface area (Å²) in [6.45, 7) is 3.12. The topological polar surface area (TPSA) is 76.1 Å². The number of carbonyl (C=O) groups is 2. The van der Waals surface area contributed by atoms with Crippen molar-refractivity contribution >= 4 is 27.8 Å². The number of hydrogen-bond donors (Lipinski definition) is 1. The van der Waals surface area contributed by atoms with Crippen LogP contribution in [0.2, 0.25) is 0 Å². The fourth-order valence-electron chi connectivity index (χ4n) is 3.51. The number of aliphatic carboxylic acids is 1. The van der Waals surface area contributed by atoms with E-state index in [9.17, 15) is 14.7 Å². The lowest BCUT2D eigenvalue weighted by molar-refractivity contribution is -0.157. The second-order valence-corrected chi connectivity index (χ2v) is 7.25. The number of ether oxygens (including phenoxy) is 2. The van der Waals surface area contributed by atoms with Crippen LogP contribution < -0.4 is 4.74 Å². The molecule has 7 heteroatoms. The van der Waals surface area contributed by atoms with Gasteiger partial charge >= 0.3 is 5.97 Å². The Kier molecular flexibility index (Phi) is 4.83. The second-order valence-electron chi connectivity index (χ2n) is 6.39. The molecule has 1 aromatic rings. The number of amides is 1. The van der Waals surface area contributed by atoms with E-state index >= 15 is 0 Å².